The summed E-state index contributed by atoms with van der Waals surface area (Å²) in [4.78, 5) is 16.5. The lowest BCUT2D eigenvalue weighted by Crippen LogP contribution is -2.35. The van der Waals surface area contributed by atoms with E-state index in [1.54, 1.807) is 0 Å². The third kappa shape index (κ3) is 3.70. The van der Waals surface area contributed by atoms with E-state index in [1.165, 1.54) is 0 Å². The molecule has 0 radical (unpaired) electrons. The maximum absolute atomic E-state index is 12.1. The van der Waals surface area contributed by atoms with Gasteiger partial charge in [0.1, 0.15) is 6.33 Å². The first-order valence-electron chi connectivity index (χ1n) is 8.95. The topological polar surface area (TPSA) is 68.2 Å². The summed E-state index contributed by atoms with van der Waals surface area (Å²) in [5, 5.41) is 5.80. The Morgan fingerprint density at radius 1 is 1.19 bits per heavy atom. The molecule has 134 valence electrons. The van der Waals surface area contributed by atoms with Crippen LogP contribution < -0.4 is 10.6 Å². The van der Waals surface area contributed by atoms with Gasteiger partial charge >= 0.3 is 6.03 Å². The number of urea groups is 1. The standard InChI is InChI=1S/C20H22N4O2/c25-20(21-12-15-4-3-11-26-13-15)23-16-7-9-17(10-8-16)24-14-22-18-5-1-2-6-19(18)24/h1-2,5-10,14-15H,3-4,11-13H2,(H2,21,23,25)/t15-/m1/s1. The number of benzene rings is 2. The monoisotopic (exact) mass is 350 g/mol. The summed E-state index contributed by atoms with van der Waals surface area (Å²) in [7, 11) is 0. The zero-order valence-corrected chi connectivity index (χ0v) is 14.5. The molecule has 2 aromatic carbocycles. The minimum atomic E-state index is -0.184. The van der Waals surface area contributed by atoms with E-state index in [2.05, 4.69) is 15.6 Å². The van der Waals surface area contributed by atoms with E-state index in [0.717, 1.165) is 48.5 Å². The van der Waals surface area contributed by atoms with Crippen LogP contribution in [0.3, 0.4) is 0 Å². The number of rotatable bonds is 4. The number of hydrogen-bond acceptors (Lipinski definition) is 3. The third-order valence-corrected chi connectivity index (χ3v) is 4.66. The highest BCUT2D eigenvalue weighted by Crippen LogP contribution is 2.19. The normalized spacial score (nSPS) is 17.2. The molecular weight excluding hydrogens is 328 g/mol. The molecule has 1 saturated heterocycles. The Hall–Kier alpha value is -2.86. The highest BCUT2D eigenvalue weighted by Gasteiger charge is 2.14. The van der Waals surface area contributed by atoms with Gasteiger partial charge < -0.3 is 15.4 Å². The van der Waals surface area contributed by atoms with Crippen LogP contribution in [0.25, 0.3) is 16.7 Å². The first-order valence-corrected chi connectivity index (χ1v) is 8.95. The van der Waals surface area contributed by atoms with Gasteiger partial charge in [0.2, 0.25) is 0 Å². The Bertz CT molecular complexity index is 882. The summed E-state index contributed by atoms with van der Waals surface area (Å²) >= 11 is 0. The number of imidazole rings is 1. The molecule has 3 aromatic rings. The van der Waals surface area contributed by atoms with Crippen LogP contribution in [0.5, 0.6) is 0 Å². The molecule has 1 aromatic heterocycles. The molecule has 2 heterocycles. The van der Waals surface area contributed by atoms with Gasteiger partial charge in [-0.15, -0.1) is 0 Å². The van der Waals surface area contributed by atoms with E-state index < -0.39 is 0 Å². The van der Waals surface area contributed by atoms with Gasteiger partial charge in [-0.1, -0.05) is 12.1 Å². The van der Waals surface area contributed by atoms with Crippen molar-refractivity contribution in [2.75, 3.05) is 25.1 Å². The Morgan fingerprint density at radius 2 is 2.04 bits per heavy atom. The Kier molecular flexibility index (Phi) is 4.84. The SMILES string of the molecule is O=C(NC[C@H]1CCCOC1)Nc1ccc(-n2cnc3ccccc32)cc1. The summed E-state index contributed by atoms with van der Waals surface area (Å²) in [5.41, 5.74) is 3.78. The largest absolute Gasteiger partial charge is 0.381 e. The van der Waals surface area contributed by atoms with Crippen LogP contribution in [0.1, 0.15) is 12.8 Å². The quantitative estimate of drug-likeness (QED) is 0.756. The maximum Gasteiger partial charge on any atom is 0.319 e. The number of para-hydroxylation sites is 2. The summed E-state index contributed by atoms with van der Waals surface area (Å²) in [6.07, 6.45) is 3.98. The number of nitrogens with zero attached hydrogens (tertiary/aromatic N) is 2. The van der Waals surface area contributed by atoms with E-state index in [-0.39, 0.29) is 6.03 Å². The van der Waals surface area contributed by atoms with Crippen molar-refractivity contribution in [2.45, 2.75) is 12.8 Å². The van der Waals surface area contributed by atoms with Gasteiger partial charge in [0.15, 0.2) is 0 Å². The number of ether oxygens (including phenoxy) is 1. The number of nitrogens with one attached hydrogen (secondary N) is 2. The van der Waals surface area contributed by atoms with E-state index in [4.69, 9.17) is 4.74 Å². The number of hydrogen-bond donors (Lipinski definition) is 2. The fourth-order valence-corrected chi connectivity index (χ4v) is 3.25. The van der Waals surface area contributed by atoms with Crippen LogP contribution in [0, 0.1) is 5.92 Å². The second-order valence-electron chi connectivity index (χ2n) is 6.57. The van der Waals surface area contributed by atoms with Gasteiger partial charge in [0, 0.05) is 24.5 Å². The van der Waals surface area contributed by atoms with Crippen molar-refractivity contribution in [1.29, 1.82) is 0 Å². The predicted molar refractivity (Wildman–Crippen MR) is 102 cm³/mol. The number of carbonyl (C=O) groups is 1. The molecule has 2 N–H and O–H groups in total. The van der Waals surface area contributed by atoms with Crippen LogP contribution in [0.2, 0.25) is 0 Å². The summed E-state index contributed by atoms with van der Waals surface area (Å²) in [6.45, 7) is 2.21. The highest BCUT2D eigenvalue weighted by molar-refractivity contribution is 5.89. The van der Waals surface area contributed by atoms with E-state index in [1.807, 2.05) is 59.4 Å². The van der Waals surface area contributed by atoms with Gasteiger partial charge in [-0.2, -0.15) is 0 Å². The molecule has 4 rings (SSSR count). The molecular formula is C20H22N4O2. The summed E-state index contributed by atoms with van der Waals surface area (Å²) < 4.78 is 7.46. The van der Waals surface area contributed by atoms with E-state index in [9.17, 15) is 4.79 Å². The van der Waals surface area contributed by atoms with Crippen molar-refractivity contribution in [3.8, 4) is 5.69 Å². The number of carbonyl (C=O) groups excluding carboxylic acids is 1. The van der Waals surface area contributed by atoms with Crippen molar-refractivity contribution in [3.63, 3.8) is 0 Å². The van der Waals surface area contributed by atoms with Gasteiger partial charge in [-0.3, -0.25) is 4.57 Å². The summed E-state index contributed by atoms with van der Waals surface area (Å²) in [6, 6.07) is 15.6. The lowest BCUT2D eigenvalue weighted by molar-refractivity contribution is 0.0559. The maximum atomic E-state index is 12.1. The van der Waals surface area contributed by atoms with Crippen LogP contribution in [0.4, 0.5) is 10.5 Å². The highest BCUT2D eigenvalue weighted by atomic mass is 16.5. The molecule has 1 fully saturated rings. The smallest absolute Gasteiger partial charge is 0.319 e. The predicted octanol–water partition coefficient (Wildman–Crippen LogP) is 3.57. The molecule has 0 unspecified atom stereocenters. The van der Waals surface area contributed by atoms with Gasteiger partial charge in [0.05, 0.1) is 17.6 Å². The van der Waals surface area contributed by atoms with Gasteiger partial charge in [-0.25, -0.2) is 9.78 Å². The third-order valence-electron chi connectivity index (χ3n) is 4.66. The van der Waals surface area contributed by atoms with Crippen molar-refractivity contribution in [1.82, 2.24) is 14.9 Å². The number of amides is 2. The van der Waals surface area contributed by atoms with Crippen LogP contribution in [-0.4, -0.2) is 35.3 Å². The zero-order chi connectivity index (χ0) is 17.8. The van der Waals surface area contributed by atoms with Crippen molar-refractivity contribution < 1.29 is 9.53 Å². The van der Waals surface area contributed by atoms with Crippen molar-refractivity contribution in [3.05, 3.63) is 54.9 Å². The molecule has 1 aliphatic heterocycles. The molecule has 0 spiro atoms. The molecule has 0 saturated carbocycles. The second-order valence-corrected chi connectivity index (χ2v) is 6.57. The number of aromatic nitrogens is 2. The van der Waals surface area contributed by atoms with Crippen LogP contribution in [-0.2, 0) is 4.74 Å². The number of fused-ring (bicyclic) bond motifs is 1. The average molecular weight is 350 g/mol. The lowest BCUT2D eigenvalue weighted by atomic mass is 10.0. The Morgan fingerprint density at radius 3 is 2.85 bits per heavy atom. The fourth-order valence-electron chi connectivity index (χ4n) is 3.25. The minimum absolute atomic E-state index is 0.184. The fraction of sp³-hybridized carbons (Fsp3) is 0.300. The molecule has 0 bridgehead atoms. The Labute approximate surface area is 152 Å². The second kappa shape index (κ2) is 7.58. The average Bonchev–Trinajstić information content (AvgIpc) is 3.12. The van der Waals surface area contributed by atoms with E-state index >= 15 is 0 Å². The number of anilines is 1. The molecule has 1 atom stereocenters. The molecule has 0 aliphatic carbocycles. The minimum Gasteiger partial charge on any atom is -0.381 e. The Balaban J connectivity index is 1.37. The van der Waals surface area contributed by atoms with Gasteiger partial charge in [0.25, 0.3) is 0 Å². The molecule has 6 nitrogen and oxygen atoms in total. The van der Waals surface area contributed by atoms with E-state index in [0.29, 0.717) is 12.5 Å². The summed E-state index contributed by atoms with van der Waals surface area (Å²) in [5.74, 6) is 0.409. The van der Waals surface area contributed by atoms with Crippen molar-refractivity contribution >= 4 is 22.8 Å². The van der Waals surface area contributed by atoms with Crippen molar-refractivity contribution in [2.24, 2.45) is 5.92 Å². The van der Waals surface area contributed by atoms with Gasteiger partial charge in [-0.05, 0) is 55.2 Å². The van der Waals surface area contributed by atoms with Crippen LogP contribution in [0.15, 0.2) is 54.9 Å². The zero-order valence-electron chi connectivity index (χ0n) is 14.5. The first kappa shape index (κ1) is 16.6. The molecule has 26 heavy (non-hydrogen) atoms. The molecule has 6 heteroatoms. The lowest BCUT2D eigenvalue weighted by Gasteiger charge is -2.22. The molecule has 1 aliphatic rings. The van der Waals surface area contributed by atoms with Crippen LogP contribution >= 0.6 is 0 Å². The first-order chi connectivity index (χ1) is 12.8. The molecule has 2 amide bonds.